The Morgan fingerprint density at radius 3 is 2.21 bits per heavy atom. The summed E-state index contributed by atoms with van der Waals surface area (Å²) < 4.78 is 0. The topological polar surface area (TPSA) is 61.4 Å². The number of carbonyl (C=O) groups excluding carboxylic acids is 2. The molecule has 0 aliphatic heterocycles. The number of aryl methyl sites for hydroxylation is 1. The van der Waals surface area contributed by atoms with Crippen molar-refractivity contribution in [2.75, 3.05) is 31.5 Å². The van der Waals surface area contributed by atoms with Crippen LogP contribution in [0.5, 0.6) is 0 Å². The Bertz CT molecular complexity index is 764. The number of halogens is 2. The quantitative estimate of drug-likeness (QED) is 0.569. The fourth-order valence-corrected chi connectivity index (χ4v) is 3.19. The number of nitrogens with zero attached hydrogens (tertiary/aromatic N) is 1. The van der Waals surface area contributed by atoms with Crippen molar-refractivity contribution < 1.29 is 9.59 Å². The zero-order chi connectivity index (χ0) is 20.4. The van der Waals surface area contributed by atoms with Crippen LogP contribution in [0.4, 0.5) is 5.69 Å². The summed E-state index contributed by atoms with van der Waals surface area (Å²) in [5.74, 6) is -0.368. The Morgan fingerprint density at radius 1 is 0.929 bits per heavy atom. The first-order chi connectivity index (χ1) is 13.5. The molecule has 0 saturated carbocycles. The summed E-state index contributed by atoms with van der Waals surface area (Å²) in [7, 11) is 0. The van der Waals surface area contributed by atoms with Gasteiger partial charge in [0.1, 0.15) is 0 Å². The van der Waals surface area contributed by atoms with Crippen LogP contribution in [0.1, 0.15) is 18.9 Å². The molecule has 2 amide bonds. The molecule has 0 aliphatic carbocycles. The molecular weight excluding hydrogens is 397 g/mol. The molecule has 2 rings (SSSR count). The number of carbonyl (C=O) groups is 2. The maximum absolute atomic E-state index is 12.3. The molecule has 2 aromatic rings. The minimum absolute atomic E-state index is 0.0789. The average molecular weight is 422 g/mol. The summed E-state index contributed by atoms with van der Waals surface area (Å²) >= 11 is 12.1. The highest BCUT2D eigenvalue weighted by molar-refractivity contribution is 6.39. The van der Waals surface area contributed by atoms with E-state index < -0.39 is 0 Å². The molecule has 0 saturated heterocycles. The van der Waals surface area contributed by atoms with Crippen molar-refractivity contribution in [1.29, 1.82) is 0 Å². The Hall–Kier alpha value is -2.08. The van der Waals surface area contributed by atoms with Gasteiger partial charge in [0.2, 0.25) is 11.8 Å². The van der Waals surface area contributed by atoms with Crippen LogP contribution in [0.15, 0.2) is 48.5 Å². The Kier molecular flexibility index (Phi) is 9.28. The van der Waals surface area contributed by atoms with Gasteiger partial charge in [-0.25, -0.2) is 0 Å². The van der Waals surface area contributed by atoms with Gasteiger partial charge in [-0.1, -0.05) is 66.5 Å². The van der Waals surface area contributed by atoms with Gasteiger partial charge in [0.15, 0.2) is 0 Å². The molecule has 0 aliphatic rings. The van der Waals surface area contributed by atoms with Gasteiger partial charge >= 0.3 is 0 Å². The lowest BCUT2D eigenvalue weighted by Gasteiger charge is -2.19. The number of hydrogen-bond acceptors (Lipinski definition) is 3. The van der Waals surface area contributed by atoms with E-state index in [1.54, 1.807) is 23.1 Å². The van der Waals surface area contributed by atoms with Crippen LogP contribution in [-0.2, 0) is 16.0 Å². The van der Waals surface area contributed by atoms with Crippen molar-refractivity contribution in [3.05, 3.63) is 64.1 Å². The number of likely N-dealkylation sites (N-methyl/N-ethyl adjacent to an activating group) is 1. The van der Waals surface area contributed by atoms with Gasteiger partial charge in [-0.15, -0.1) is 0 Å². The van der Waals surface area contributed by atoms with Gasteiger partial charge in [0.05, 0.1) is 28.8 Å². The van der Waals surface area contributed by atoms with E-state index in [-0.39, 0.29) is 24.9 Å². The number of anilines is 1. The third-order valence-corrected chi connectivity index (χ3v) is 4.85. The lowest BCUT2D eigenvalue weighted by atomic mass is 10.1. The molecule has 0 atom stereocenters. The van der Waals surface area contributed by atoms with E-state index in [0.717, 1.165) is 12.8 Å². The SMILES string of the molecule is CCN(CC(=O)NCCCc1ccccc1)CC(=O)Nc1c(Cl)cccc1Cl. The number of rotatable bonds is 10. The van der Waals surface area contributed by atoms with Crippen LogP contribution in [-0.4, -0.2) is 42.9 Å². The molecule has 5 nitrogen and oxygen atoms in total. The molecule has 2 aromatic carbocycles. The number of para-hydroxylation sites is 1. The molecule has 7 heteroatoms. The summed E-state index contributed by atoms with van der Waals surface area (Å²) in [5.41, 5.74) is 1.64. The summed E-state index contributed by atoms with van der Waals surface area (Å²) in [6.07, 6.45) is 1.78. The first-order valence-corrected chi connectivity index (χ1v) is 10.0. The molecule has 0 radical (unpaired) electrons. The summed E-state index contributed by atoms with van der Waals surface area (Å²) in [5, 5.41) is 6.37. The van der Waals surface area contributed by atoms with E-state index in [4.69, 9.17) is 23.2 Å². The number of hydrogen-bond donors (Lipinski definition) is 2. The zero-order valence-corrected chi connectivity index (χ0v) is 17.4. The van der Waals surface area contributed by atoms with Crippen molar-refractivity contribution in [3.63, 3.8) is 0 Å². The van der Waals surface area contributed by atoms with Crippen LogP contribution in [0.25, 0.3) is 0 Å². The molecule has 28 heavy (non-hydrogen) atoms. The van der Waals surface area contributed by atoms with Crippen LogP contribution in [0, 0.1) is 0 Å². The summed E-state index contributed by atoms with van der Waals surface area (Å²) in [4.78, 5) is 26.2. The van der Waals surface area contributed by atoms with E-state index in [9.17, 15) is 9.59 Å². The van der Waals surface area contributed by atoms with Crippen LogP contribution >= 0.6 is 23.2 Å². The highest BCUT2D eigenvalue weighted by Crippen LogP contribution is 2.29. The van der Waals surface area contributed by atoms with Gasteiger partial charge in [-0.05, 0) is 37.1 Å². The second kappa shape index (κ2) is 11.7. The molecule has 0 fully saturated rings. The van der Waals surface area contributed by atoms with Crippen molar-refractivity contribution >= 4 is 40.7 Å². The number of amides is 2. The smallest absolute Gasteiger partial charge is 0.238 e. The second-order valence-electron chi connectivity index (χ2n) is 6.39. The van der Waals surface area contributed by atoms with Crippen molar-refractivity contribution in [2.45, 2.75) is 19.8 Å². The summed E-state index contributed by atoms with van der Waals surface area (Å²) in [6.45, 7) is 3.31. The van der Waals surface area contributed by atoms with Crippen molar-refractivity contribution in [3.8, 4) is 0 Å². The third kappa shape index (κ3) is 7.50. The highest BCUT2D eigenvalue weighted by atomic mass is 35.5. The van der Waals surface area contributed by atoms with Crippen LogP contribution < -0.4 is 10.6 Å². The fraction of sp³-hybridized carbons (Fsp3) is 0.333. The number of nitrogens with one attached hydrogen (secondary N) is 2. The minimum Gasteiger partial charge on any atom is -0.355 e. The van der Waals surface area contributed by atoms with Crippen molar-refractivity contribution in [2.24, 2.45) is 0 Å². The van der Waals surface area contributed by atoms with Gasteiger partial charge < -0.3 is 10.6 Å². The predicted molar refractivity (Wildman–Crippen MR) is 115 cm³/mol. The standard InChI is InChI=1S/C21H25Cl2N3O2/c1-2-26(15-20(28)25-21-17(22)11-6-12-18(21)23)14-19(27)24-13-7-10-16-8-4-3-5-9-16/h3-6,8-9,11-12H,2,7,10,13-15H2,1H3,(H,24,27)(H,25,28). The Labute approximate surface area is 176 Å². The zero-order valence-electron chi connectivity index (χ0n) is 15.9. The van der Waals surface area contributed by atoms with Gasteiger partial charge in [0.25, 0.3) is 0 Å². The van der Waals surface area contributed by atoms with Gasteiger partial charge in [-0.3, -0.25) is 14.5 Å². The van der Waals surface area contributed by atoms with E-state index in [0.29, 0.717) is 28.8 Å². The lowest BCUT2D eigenvalue weighted by Crippen LogP contribution is -2.41. The lowest BCUT2D eigenvalue weighted by molar-refractivity contribution is -0.123. The first-order valence-electron chi connectivity index (χ1n) is 9.26. The average Bonchev–Trinajstić information content (AvgIpc) is 2.68. The largest absolute Gasteiger partial charge is 0.355 e. The van der Waals surface area contributed by atoms with Crippen LogP contribution in [0.2, 0.25) is 10.0 Å². The molecule has 0 bridgehead atoms. The second-order valence-corrected chi connectivity index (χ2v) is 7.20. The Balaban J connectivity index is 1.73. The minimum atomic E-state index is -0.270. The van der Waals surface area contributed by atoms with Gasteiger partial charge in [-0.2, -0.15) is 0 Å². The molecule has 0 heterocycles. The van der Waals surface area contributed by atoms with Gasteiger partial charge in [0, 0.05) is 6.54 Å². The maximum Gasteiger partial charge on any atom is 0.238 e. The number of benzene rings is 2. The molecule has 150 valence electrons. The third-order valence-electron chi connectivity index (χ3n) is 4.22. The first kappa shape index (κ1) is 22.2. The van der Waals surface area contributed by atoms with E-state index in [1.165, 1.54) is 5.56 Å². The fourth-order valence-electron chi connectivity index (χ4n) is 2.70. The van der Waals surface area contributed by atoms with Crippen molar-refractivity contribution in [1.82, 2.24) is 10.2 Å². The molecule has 0 aromatic heterocycles. The monoisotopic (exact) mass is 421 g/mol. The molecule has 0 spiro atoms. The van der Waals surface area contributed by atoms with E-state index in [1.807, 2.05) is 25.1 Å². The van der Waals surface area contributed by atoms with E-state index in [2.05, 4.69) is 22.8 Å². The molecular formula is C21H25Cl2N3O2. The maximum atomic E-state index is 12.3. The highest BCUT2D eigenvalue weighted by Gasteiger charge is 2.15. The molecule has 0 unspecified atom stereocenters. The van der Waals surface area contributed by atoms with E-state index >= 15 is 0 Å². The predicted octanol–water partition coefficient (Wildman–Crippen LogP) is 4.00. The summed E-state index contributed by atoms with van der Waals surface area (Å²) in [6, 6.07) is 15.2. The normalized spacial score (nSPS) is 10.7. The van der Waals surface area contributed by atoms with Crippen LogP contribution in [0.3, 0.4) is 0 Å². The molecule has 2 N–H and O–H groups in total. The Morgan fingerprint density at radius 2 is 1.57 bits per heavy atom.